The number of ether oxygens (including phenoxy) is 1. The first-order chi connectivity index (χ1) is 22.8. The minimum absolute atomic E-state index is 0.183. The molecule has 4 atom stereocenters. The van der Waals surface area contributed by atoms with Crippen molar-refractivity contribution in [2.75, 3.05) is 23.4 Å². The number of morpholine rings is 1. The molecular formula is C37H39FN6O3. The maximum absolute atomic E-state index is 15.0. The molecule has 1 unspecified atom stereocenters. The molecule has 8 rings (SSSR count). The molecule has 0 spiro atoms. The molecule has 2 aromatic heterocycles. The zero-order chi connectivity index (χ0) is 32.3. The second kappa shape index (κ2) is 11.6. The number of rotatable bonds is 8. The number of hydrogen-bond acceptors (Lipinski definition) is 6. The molecule has 2 bridgehead atoms. The largest absolute Gasteiger partial charge is 0.374 e. The molecule has 47 heavy (non-hydrogen) atoms. The van der Waals surface area contributed by atoms with E-state index < -0.39 is 17.6 Å². The van der Waals surface area contributed by atoms with Crippen LogP contribution in [0.15, 0.2) is 67.0 Å². The smallest absolute Gasteiger partial charge is 0.258 e. The summed E-state index contributed by atoms with van der Waals surface area (Å²) < 4.78 is 22.6. The van der Waals surface area contributed by atoms with E-state index >= 15 is 0 Å². The highest BCUT2D eigenvalue weighted by Crippen LogP contribution is 2.42. The van der Waals surface area contributed by atoms with Crippen LogP contribution in [0.25, 0.3) is 22.4 Å². The van der Waals surface area contributed by atoms with Gasteiger partial charge in [0.05, 0.1) is 30.6 Å². The highest BCUT2D eigenvalue weighted by Gasteiger charge is 2.52. The molecule has 3 fully saturated rings. The second-order valence-electron chi connectivity index (χ2n) is 13.6. The fourth-order valence-electron chi connectivity index (χ4n) is 7.65. The number of fused-ring (bicyclic) bond motifs is 3. The number of pyridine rings is 1. The molecule has 1 saturated carbocycles. The Bertz CT molecular complexity index is 1830. The summed E-state index contributed by atoms with van der Waals surface area (Å²) in [6, 6.07) is 17.6. The Hall–Kier alpha value is -4.57. The number of benzene rings is 2. The minimum Gasteiger partial charge on any atom is -0.374 e. The molecule has 10 heteroatoms. The van der Waals surface area contributed by atoms with Gasteiger partial charge in [0.25, 0.3) is 5.91 Å². The van der Waals surface area contributed by atoms with Gasteiger partial charge in [0, 0.05) is 37.0 Å². The van der Waals surface area contributed by atoms with Gasteiger partial charge in [-0.25, -0.2) is 9.37 Å². The van der Waals surface area contributed by atoms with Gasteiger partial charge in [0.1, 0.15) is 11.9 Å². The first-order valence-electron chi connectivity index (χ1n) is 16.6. The third-order valence-electron chi connectivity index (χ3n) is 10.4. The maximum Gasteiger partial charge on any atom is 0.258 e. The van der Waals surface area contributed by atoms with E-state index in [0.717, 1.165) is 77.3 Å². The van der Waals surface area contributed by atoms with Crippen LogP contribution in [0, 0.1) is 6.92 Å². The normalized spacial score (nSPS) is 22.9. The summed E-state index contributed by atoms with van der Waals surface area (Å²) in [7, 11) is 1.90. The summed E-state index contributed by atoms with van der Waals surface area (Å²) in [6.07, 6.45) is 7.80. The minimum atomic E-state index is -1.89. The predicted octanol–water partition coefficient (Wildman–Crippen LogP) is 5.48. The Morgan fingerprint density at radius 3 is 2.55 bits per heavy atom. The summed E-state index contributed by atoms with van der Waals surface area (Å²) >= 11 is 0. The van der Waals surface area contributed by atoms with E-state index in [9.17, 15) is 14.0 Å². The van der Waals surface area contributed by atoms with Crippen molar-refractivity contribution in [3.8, 4) is 22.4 Å². The SMILES string of the molecule is Cc1cnn(C)c1-c1ccc(NC(=O)C(NC(=O)C2(F)CC2)[C@@H]2CCCc3ccc(-c4ccnc(N5C[C@@H]6C[C@H]5CO6)c4)cc32)cc1. The van der Waals surface area contributed by atoms with Crippen molar-refractivity contribution in [3.63, 3.8) is 0 Å². The average molecular weight is 635 g/mol. The fraction of sp³-hybridized carbons (Fsp3) is 0.405. The lowest BCUT2D eigenvalue weighted by Crippen LogP contribution is -2.51. The van der Waals surface area contributed by atoms with Crippen molar-refractivity contribution in [2.45, 2.75) is 75.2 Å². The van der Waals surface area contributed by atoms with Crippen molar-refractivity contribution in [2.24, 2.45) is 7.05 Å². The summed E-state index contributed by atoms with van der Waals surface area (Å²) in [5, 5.41) is 10.2. The predicted molar refractivity (Wildman–Crippen MR) is 178 cm³/mol. The Labute approximate surface area is 273 Å². The maximum atomic E-state index is 15.0. The molecule has 4 aliphatic rings. The molecule has 9 nitrogen and oxygen atoms in total. The van der Waals surface area contributed by atoms with Crippen LogP contribution in [0.1, 0.15) is 54.7 Å². The van der Waals surface area contributed by atoms with Gasteiger partial charge in [-0.3, -0.25) is 14.3 Å². The number of anilines is 2. The molecule has 242 valence electrons. The molecule has 4 heterocycles. The first kappa shape index (κ1) is 29.8. The van der Waals surface area contributed by atoms with Crippen molar-refractivity contribution >= 4 is 23.3 Å². The first-order valence-corrected chi connectivity index (χ1v) is 16.6. The van der Waals surface area contributed by atoms with Crippen LogP contribution < -0.4 is 15.5 Å². The number of carbonyl (C=O) groups is 2. The monoisotopic (exact) mass is 634 g/mol. The van der Waals surface area contributed by atoms with Crippen LogP contribution in [0.5, 0.6) is 0 Å². The molecule has 2 aliphatic heterocycles. The van der Waals surface area contributed by atoms with Crippen LogP contribution >= 0.6 is 0 Å². The third kappa shape index (κ3) is 5.58. The van der Waals surface area contributed by atoms with E-state index in [-0.39, 0.29) is 30.8 Å². The second-order valence-corrected chi connectivity index (χ2v) is 13.6. The molecule has 4 aromatic rings. The van der Waals surface area contributed by atoms with E-state index in [1.54, 1.807) is 0 Å². The Kier molecular flexibility index (Phi) is 7.35. The summed E-state index contributed by atoms with van der Waals surface area (Å²) in [5.74, 6) is -0.424. The summed E-state index contributed by atoms with van der Waals surface area (Å²) in [5.41, 5.74) is 5.99. The number of aromatic nitrogens is 3. The number of alkyl halides is 1. The van der Waals surface area contributed by atoms with Gasteiger partial charge in [-0.1, -0.05) is 30.3 Å². The summed E-state index contributed by atoms with van der Waals surface area (Å²) in [4.78, 5) is 34.2. The van der Waals surface area contributed by atoms with Gasteiger partial charge in [0.2, 0.25) is 5.91 Å². The number of nitrogens with zero attached hydrogens (tertiary/aromatic N) is 4. The van der Waals surface area contributed by atoms with Crippen LogP contribution in [0.4, 0.5) is 15.9 Å². The number of aryl methyl sites for hydroxylation is 3. The van der Waals surface area contributed by atoms with Gasteiger partial charge in [-0.2, -0.15) is 5.10 Å². The number of carbonyl (C=O) groups excluding carboxylic acids is 2. The number of amides is 2. The van der Waals surface area contributed by atoms with Crippen LogP contribution in [-0.4, -0.2) is 63.6 Å². The van der Waals surface area contributed by atoms with Gasteiger partial charge in [0.15, 0.2) is 5.67 Å². The molecule has 2 aromatic carbocycles. The molecule has 2 amide bonds. The number of halogens is 1. The fourth-order valence-corrected chi connectivity index (χ4v) is 7.65. The number of nitrogens with one attached hydrogen (secondary N) is 2. The van der Waals surface area contributed by atoms with Crippen molar-refractivity contribution in [3.05, 3.63) is 83.7 Å². The molecular weight excluding hydrogens is 595 g/mol. The van der Waals surface area contributed by atoms with Gasteiger partial charge < -0.3 is 20.3 Å². The van der Waals surface area contributed by atoms with Crippen LogP contribution in [0.2, 0.25) is 0 Å². The standard InChI is InChI=1S/C37H39FN6O3/c1-22-19-40-43(2)34(22)24-8-10-27(11-9-24)41-35(45)33(42-36(46)37(38)13-14-37)30-5-3-4-23-6-7-25(16-31(23)30)26-12-15-39-32(17-26)44-20-29-18-28(44)21-47-29/h6-12,15-17,19,28-30,33H,3-5,13-14,18,20-21H2,1-2H3,(H,41,45)(H,42,46)/t28-,29-,30+,33?/m0/s1. The van der Waals surface area contributed by atoms with E-state index in [4.69, 9.17) is 4.74 Å². The van der Waals surface area contributed by atoms with Crippen LogP contribution in [0.3, 0.4) is 0 Å². The Balaban J connectivity index is 1.08. The Morgan fingerprint density at radius 2 is 1.85 bits per heavy atom. The van der Waals surface area contributed by atoms with E-state index in [1.165, 1.54) is 0 Å². The van der Waals surface area contributed by atoms with Gasteiger partial charge >= 0.3 is 0 Å². The van der Waals surface area contributed by atoms with Crippen molar-refractivity contribution < 1.29 is 18.7 Å². The Morgan fingerprint density at radius 1 is 1.06 bits per heavy atom. The van der Waals surface area contributed by atoms with E-state index in [0.29, 0.717) is 18.2 Å². The van der Waals surface area contributed by atoms with E-state index in [1.807, 2.05) is 61.4 Å². The molecule has 2 N–H and O–H groups in total. The molecule has 0 radical (unpaired) electrons. The average Bonchev–Trinajstić information content (AvgIpc) is 3.37. The quantitative estimate of drug-likeness (QED) is 0.266. The zero-order valence-corrected chi connectivity index (χ0v) is 26.7. The van der Waals surface area contributed by atoms with Crippen LogP contribution in [-0.2, 0) is 27.8 Å². The van der Waals surface area contributed by atoms with Crippen molar-refractivity contribution in [1.29, 1.82) is 0 Å². The van der Waals surface area contributed by atoms with E-state index in [2.05, 4.69) is 49.9 Å². The van der Waals surface area contributed by atoms with Gasteiger partial charge in [-0.15, -0.1) is 0 Å². The summed E-state index contributed by atoms with van der Waals surface area (Å²) in [6.45, 7) is 3.60. The highest BCUT2D eigenvalue weighted by atomic mass is 19.1. The topological polar surface area (TPSA) is 101 Å². The zero-order valence-electron chi connectivity index (χ0n) is 26.7. The lowest BCUT2D eigenvalue weighted by molar-refractivity contribution is -0.131. The number of hydrogen-bond donors (Lipinski definition) is 2. The third-order valence-corrected chi connectivity index (χ3v) is 10.4. The highest BCUT2D eigenvalue weighted by molar-refractivity contribution is 6.00. The van der Waals surface area contributed by atoms with Gasteiger partial charge in [-0.05, 0) is 97.5 Å². The molecule has 2 saturated heterocycles. The lowest BCUT2D eigenvalue weighted by atomic mass is 9.77. The lowest BCUT2D eigenvalue weighted by Gasteiger charge is -2.33. The molecule has 2 aliphatic carbocycles. The van der Waals surface area contributed by atoms with Crippen molar-refractivity contribution in [1.82, 2.24) is 20.1 Å².